The van der Waals surface area contributed by atoms with E-state index in [9.17, 15) is 4.79 Å². The van der Waals surface area contributed by atoms with E-state index in [1.165, 1.54) is 17.7 Å². The summed E-state index contributed by atoms with van der Waals surface area (Å²) in [7, 11) is 0. The van der Waals surface area contributed by atoms with Crippen molar-refractivity contribution in [1.82, 2.24) is 14.5 Å². The highest BCUT2D eigenvalue weighted by Gasteiger charge is 2.34. The van der Waals surface area contributed by atoms with Gasteiger partial charge in [-0.25, -0.2) is 0 Å². The predicted molar refractivity (Wildman–Crippen MR) is 107 cm³/mol. The number of nitrogens with zero attached hydrogens (tertiary/aromatic N) is 3. The highest BCUT2D eigenvalue weighted by Crippen LogP contribution is 2.36. The van der Waals surface area contributed by atoms with Crippen molar-refractivity contribution < 1.29 is 0 Å². The van der Waals surface area contributed by atoms with Crippen LogP contribution in [0.1, 0.15) is 23.6 Å². The summed E-state index contributed by atoms with van der Waals surface area (Å²) in [6.45, 7) is 3.90. The first-order valence-electron chi connectivity index (χ1n) is 9.68. The van der Waals surface area contributed by atoms with Crippen LogP contribution >= 0.6 is 0 Å². The van der Waals surface area contributed by atoms with Gasteiger partial charge in [0.2, 0.25) is 0 Å². The minimum atomic E-state index is 0.131. The Morgan fingerprint density at radius 2 is 1.85 bits per heavy atom. The van der Waals surface area contributed by atoms with Gasteiger partial charge < -0.3 is 4.57 Å². The molecular formula is C23H23N3O. The molecule has 5 rings (SSSR count). The van der Waals surface area contributed by atoms with Crippen LogP contribution < -0.4 is 5.56 Å². The molecule has 0 aliphatic carbocycles. The number of piperidine rings is 1. The molecule has 1 saturated heterocycles. The fourth-order valence-corrected chi connectivity index (χ4v) is 4.76. The molecule has 0 N–H and O–H groups in total. The molecule has 0 amide bonds. The van der Waals surface area contributed by atoms with Crippen molar-refractivity contribution in [3.63, 3.8) is 0 Å². The number of rotatable bonds is 3. The summed E-state index contributed by atoms with van der Waals surface area (Å²) < 4.78 is 2.03. The van der Waals surface area contributed by atoms with Crippen LogP contribution in [0.25, 0.3) is 11.1 Å². The Balaban J connectivity index is 1.44. The van der Waals surface area contributed by atoms with E-state index in [0.717, 1.165) is 37.3 Å². The van der Waals surface area contributed by atoms with Crippen LogP contribution in [0.4, 0.5) is 0 Å². The van der Waals surface area contributed by atoms with Crippen LogP contribution in [-0.4, -0.2) is 27.5 Å². The molecular weight excluding hydrogens is 334 g/mol. The molecule has 4 heteroatoms. The monoisotopic (exact) mass is 357 g/mol. The van der Waals surface area contributed by atoms with Gasteiger partial charge in [-0.05, 0) is 36.1 Å². The Morgan fingerprint density at radius 3 is 2.67 bits per heavy atom. The average molecular weight is 357 g/mol. The zero-order valence-corrected chi connectivity index (χ0v) is 15.3. The zero-order valence-electron chi connectivity index (χ0n) is 15.3. The number of hydrogen-bond acceptors (Lipinski definition) is 3. The first-order valence-corrected chi connectivity index (χ1v) is 9.68. The van der Waals surface area contributed by atoms with Crippen LogP contribution in [-0.2, 0) is 13.1 Å². The number of fused-ring (bicyclic) bond motifs is 4. The Labute approximate surface area is 159 Å². The van der Waals surface area contributed by atoms with Crippen molar-refractivity contribution in [3.05, 3.63) is 88.6 Å². The van der Waals surface area contributed by atoms with Crippen LogP contribution in [0, 0.1) is 5.92 Å². The molecule has 4 heterocycles. The second-order valence-corrected chi connectivity index (χ2v) is 7.81. The van der Waals surface area contributed by atoms with E-state index in [4.69, 9.17) is 0 Å². The third-order valence-electron chi connectivity index (χ3n) is 5.90. The third-order valence-corrected chi connectivity index (χ3v) is 5.90. The van der Waals surface area contributed by atoms with Crippen molar-refractivity contribution in [2.75, 3.05) is 13.1 Å². The lowest BCUT2D eigenvalue weighted by Gasteiger charge is -2.43. The Bertz CT molecular complexity index is 997. The van der Waals surface area contributed by atoms with Gasteiger partial charge in [-0.1, -0.05) is 36.4 Å². The third kappa shape index (κ3) is 3.10. The topological polar surface area (TPSA) is 38.1 Å². The maximum atomic E-state index is 13.1. The molecule has 0 unspecified atom stereocenters. The van der Waals surface area contributed by atoms with E-state index < -0.39 is 0 Å². The molecule has 1 fully saturated rings. The van der Waals surface area contributed by atoms with Gasteiger partial charge in [-0.3, -0.25) is 14.7 Å². The van der Waals surface area contributed by atoms with Crippen LogP contribution in [0.2, 0.25) is 0 Å². The molecule has 2 aliphatic heterocycles. The maximum Gasteiger partial charge on any atom is 0.258 e. The van der Waals surface area contributed by atoms with Crippen LogP contribution in [0.5, 0.6) is 0 Å². The molecule has 0 spiro atoms. The largest absolute Gasteiger partial charge is 0.311 e. The fraction of sp³-hybridized carbons (Fsp3) is 0.304. The molecule has 0 radical (unpaired) electrons. The molecule has 27 heavy (non-hydrogen) atoms. The van der Waals surface area contributed by atoms with Gasteiger partial charge in [0.15, 0.2) is 0 Å². The first kappa shape index (κ1) is 16.5. The zero-order chi connectivity index (χ0) is 18.2. The molecule has 136 valence electrons. The van der Waals surface area contributed by atoms with Gasteiger partial charge in [0, 0.05) is 61.3 Å². The highest BCUT2D eigenvalue weighted by molar-refractivity contribution is 5.61. The average Bonchev–Trinajstić information content (AvgIpc) is 2.70. The number of benzene rings is 1. The molecule has 3 aromatic rings. The van der Waals surface area contributed by atoms with E-state index >= 15 is 0 Å². The van der Waals surface area contributed by atoms with Gasteiger partial charge in [0.25, 0.3) is 5.56 Å². The van der Waals surface area contributed by atoms with Crippen molar-refractivity contribution >= 4 is 0 Å². The van der Waals surface area contributed by atoms with E-state index in [1.54, 1.807) is 12.4 Å². The van der Waals surface area contributed by atoms with Crippen LogP contribution in [0.15, 0.2) is 71.8 Å². The molecule has 0 saturated carbocycles. The molecule has 4 nitrogen and oxygen atoms in total. The minimum absolute atomic E-state index is 0.131. The van der Waals surface area contributed by atoms with Gasteiger partial charge in [-0.15, -0.1) is 0 Å². The summed E-state index contributed by atoms with van der Waals surface area (Å²) in [6, 6.07) is 18.7. The smallest absolute Gasteiger partial charge is 0.258 e. The van der Waals surface area contributed by atoms with Crippen molar-refractivity contribution in [1.29, 1.82) is 0 Å². The number of pyridine rings is 2. The predicted octanol–water partition coefficient (Wildman–Crippen LogP) is 3.53. The molecule has 2 bridgehead atoms. The SMILES string of the molecule is O=c1c(-c2cccnc2)ccc2n1C[C@H]1C[C@@H]2CN(Cc2ccccc2)C1. The van der Waals surface area contributed by atoms with E-state index in [1.807, 2.05) is 22.8 Å². The number of likely N-dealkylation sites (tertiary alicyclic amines) is 1. The fourth-order valence-electron chi connectivity index (χ4n) is 4.76. The van der Waals surface area contributed by atoms with Gasteiger partial charge in [0.1, 0.15) is 0 Å². The summed E-state index contributed by atoms with van der Waals surface area (Å²) in [6.07, 6.45) is 4.71. The second kappa shape index (κ2) is 6.78. The quantitative estimate of drug-likeness (QED) is 0.720. The Kier molecular flexibility index (Phi) is 4.13. The number of aromatic nitrogens is 2. The molecule has 2 aliphatic rings. The van der Waals surface area contributed by atoms with Gasteiger partial charge >= 0.3 is 0 Å². The lowest BCUT2D eigenvalue weighted by molar-refractivity contribution is 0.114. The van der Waals surface area contributed by atoms with Crippen molar-refractivity contribution in [2.45, 2.75) is 25.4 Å². The van der Waals surface area contributed by atoms with Gasteiger partial charge in [0.05, 0.1) is 0 Å². The highest BCUT2D eigenvalue weighted by atomic mass is 16.1. The van der Waals surface area contributed by atoms with Crippen molar-refractivity contribution in [3.8, 4) is 11.1 Å². The normalized spacial score (nSPS) is 21.6. The maximum absolute atomic E-state index is 13.1. The van der Waals surface area contributed by atoms with E-state index in [0.29, 0.717) is 11.8 Å². The molecule has 2 atom stereocenters. The number of hydrogen-bond donors (Lipinski definition) is 0. The summed E-state index contributed by atoms with van der Waals surface area (Å²) in [5.74, 6) is 0.985. The minimum Gasteiger partial charge on any atom is -0.311 e. The summed E-state index contributed by atoms with van der Waals surface area (Å²) in [5, 5.41) is 0. The lowest BCUT2D eigenvalue weighted by Crippen LogP contribution is -2.46. The molecule has 2 aromatic heterocycles. The van der Waals surface area contributed by atoms with E-state index in [-0.39, 0.29) is 5.56 Å². The second-order valence-electron chi connectivity index (χ2n) is 7.81. The van der Waals surface area contributed by atoms with Crippen LogP contribution in [0.3, 0.4) is 0 Å². The lowest BCUT2D eigenvalue weighted by atomic mass is 9.82. The first-order chi connectivity index (χ1) is 13.3. The van der Waals surface area contributed by atoms with E-state index in [2.05, 4.69) is 46.3 Å². The summed E-state index contributed by atoms with van der Waals surface area (Å²) in [4.78, 5) is 19.9. The standard InChI is InChI=1S/C23H23N3O/c27-23-21(19-7-4-10-24-12-19)8-9-22-20-11-18(15-26(22)23)14-25(16-20)13-17-5-2-1-3-6-17/h1-10,12,18,20H,11,13-16H2/t18-,20+/m0/s1. The van der Waals surface area contributed by atoms with Crippen molar-refractivity contribution in [2.24, 2.45) is 5.92 Å². The summed E-state index contributed by atoms with van der Waals surface area (Å²) in [5.41, 5.74) is 4.35. The van der Waals surface area contributed by atoms with Gasteiger partial charge in [-0.2, -0.15) is 0 Å². The Morgan fingerprint density at radius 1 is 0.963 bits per heavy atom. The Hall–Kier alpha value is -2.72. The molecule has 1 aromatic carbocycles. The summed E-state index contributed by atoms with van der Waals surface area (Å²) >= 11 is 0.